The van der Waals surface area contributed by atoms with Crippen molar-refractivity contribution in [2.24, 2.45) is 0 Å². The average Bonchev–Trinajstić information content (AvgIpc) is 2.89. The molecule has 14 heteroatoms. The normalized spacial score (nSPS) is 9.84. The van der Waals surface area contributed by atoms with Crippen molar-refractivity contribution >= 4 is 52.4 Å². The third kappa shape index (κ3) is 10.7. The van der Waals surface area contributed by atoms with Crippen LogP contribution in [0.4, 0.5) is 11.4 Å². The van der Waals surface area contributed by atoms with Gasteiger partial charge in [0.25, 0.3) is 11.0 Å². The Morgan fingerprint density at radius 1 is 1.03 bits per heavy atom. The van der Waals surface area contributed by atoms with E-state index in [0.29, 0.717) is 32.5 Å². The molecule has 0 atom stereocenters. The minimum absolute atomic E-state index is 0.0709. The SMILES string of the molecule is O=C(NCCO[N+](=O)[O-])c1cccnc1.O=C(O)COC(=O)Cc1ccccc1Nc1c(Cl)cccc1Cl. The summed E-state index contributed by atoms with van der Waals surface area (Å²) in [5.41, 5.74) is 2.20. The zero-order valence-corrected chi connectivity index (χ0v) is 21.1. The predicted octanol–water partition coefficient (Wildman–Crippen LogP) is 3.93. The van der Waals surface area contributed by atoms with Crippen LogP contribution >= 0.6 is 23.2 Å². The lowest BCUT2D eigenvalue weighted by molar-refractivity contribution is -0.757. The van der Waals surface area contributed by atoms with Gasteiger partial charge in [-0.05, 0) is 35.9 Å². The van der Waals surface area contributed by atoms with Gasteiger partial charge in [0.05, 0.1) is 27.7 Å². The van der Waals surface area contributed by atoms with Crippen LogP contribution in [0.25, 0.3) is 0 Å². The molecule has 0 aliphatic carbocycles. The second-order valence-electron chi connectivity index (χ2n) is 7.16. The molecule has 0 radical (unpaired) electrons. The molecule has 200 valence electrons. The van der Waals surface area contributed by atoms with E-state index in [1.54, 1.807) is 60.8 Å². The van der Waals surface area contributed by atoms with Gasteiger partial charge in [0.15, 0.2) is 6.61 Å². The summed E-state index contributed by atoms with van der Waals surface area (Å²) in [5, 5.41) is 23.8. The third-order valence-corrected chi connectivity index (χ3v) is 5.07. The lowest BCUT2D eigenvalue weighted by Crippen LogP contribution is -2.27. The molecule has 3 N–H and O–H groups in total. The average molecular weight is 565 g/mol. The van der Waals surface area contributed by atoms with E-state index in [-0.39, 0.29) is 25.5 Å². The van der Waals surface area contributed by atoms with E-state index in [0.717, 1.165) is 0 Å². The fourth-order valence-corrected chi connectivity index (χ4v) is 3.27. The summed E-state index contributed by atoms with van der Waals surface area (Å²) < 4.78 is 4.64. The number of nitrogens with one attached hydrogen (secondary N) is 2. The number of carboxylic acids is 1. The Kier molecular flexibility index (Phi) is 12.3. The Bertz CT molecular complexity index is 1240. The maximum Gasteiger partial charge on any atom is 0.341 e. The van der Waals surface area contributed by atoms with Crippen molar-refractivity contribution in [2.45, 2.75) is 6.42 Å². The van der Waals surface area contributed by atoms with E-state index < -0.39 is 23.6 Å². The predicted molar refractivity (Wildman–Crippen MR) is 138 cm³/mol. The van der Waals surface area contributed by atoms with Crippen molar-refractivity contribution in [2.75, 3.05) is 25.1 Å². The lowest BCUT2D eigenvalue weighted by atomic mass is 10.1. The number of amides is 1. The van der Waals surface area contributed by atoms with Gasteiger partial charge < -0.3 is 25.3 Å². The number of rotatable bonds is 11. The van der Waals surface area contributed by atoms with Gasteiger partial charge in [-0.15, -0.1) is 10.1 Å². The van der Waals surface area contributed by atoms with E-state index in [4.69, 9.17) is 28.3 Å². The number of aliphatic carboxylic acids is 1. The van der Waals surface area contributed by atoms with Gasteiger partial charge in [-0.2, -0.15) is 0 Å². The number of halogens is 2. The molecule has 0 saturated heterocycles. The number of anilines is 2. The van der Waals surface area contributed by atoms with E-state index in [1.165, 1.54) is 6.20 Å². The zero-order chi connectivity index (χ0) is 27.9. The smallest absolute Gasteiger partial charge is 0.341 e. The minimum Gasteiger partial charge on any atom is -0.479 e. The number of aromatic nitrogens is 1. The van der Waals surface area contributed by atoms with Gasteiger partial charge in [0.2, 0.25) is 0 Å². The molecule has 0 unspecified atom stereocenters. The molecule has 3 aromatic rings. The summed E-state index contributed by atoms with van der Waals surface area (Å²) in [6.45, 7) is -0.752. The minimum atomic E-state index is -1.20. The van der Waals surface area contributed by atoms with Crippen molar-refractivity contribution in [1.29, 1.82) is 0 Å². The van der Waals surface area contributed by atoms with Crippen LogP contribution in [-0.2, 0) is 25.6 Å². The number of pyridine rings is 1. The summed E-state index contributed by atoms with van der Waals surface area (Å²) in [4.78, 5) is 51.0. The Labute approximate surface area is 226 Å². The zero-order valence-electron chi connectivity index (χ0n) is 19.6. The molecule has 0 bridgehead atoms. The van der Waals surface area contributed by atoms with Crippen LogP contribution in [0.2, 0.25) is 10.0 Å². The number of carbonyl (C=O) groups is 3. The molecule has 1 amide bonds. The third-order valence-electron chi connectivity index (χ3n) is 4.44. The highest BCUT2D eigenvalue weighted by Gasteiger charge is 2.13. The first-order valence-corrected chi connectivity index (χ1v) is 11.5. The number of hydrogen-bond acceptors (Lipinski definition) is 9. The number of nitrogens with zero attached hydrogens (tertiary/aromatic N) is 2. The van der Waals surface area contributed by atoms with Crippen LogP contribution < -0.4 is 10.6 Å². The number of benzene rings is 2. The first kappa shape index (κ1) is 29.8. The second kappa shape index (κ2) is 15.6. The first-order chi connectivity index (χ1) is 18.2. The van der Waals surface area contributed by atoms with Crippen LogP contribution in [0.1, 0.15) is 15.9 Å². The first-order valence-electron chi connectivity index (χ1n) is 10.8. The Balaban J connectivity index is 0.000000293. The fourth-order valence-electron chi connectivity index (χ4n) is 2.78. The molecule has 2 aromatic carbocycles. The van der Waals surface area contributed by atoms with Gasteiger partial charge >= 0.3 is 11.9 Å². The maximum atomic E-state index is 11.7. The van der Waals surface area contributed by atoms with Gasteiger partial charge in [0.1, 0.15) is 6.61 Å². The number of ether oxygens (including phenoxy) is 1. The molecule has 38 heavy (non-hydrogen) atoms. The van der Waals surface area contributed by atoms with Crippen LogP contribution in [-0.4, -0.2) is 52.8 Å². The molecule has 1 heterocycles. The van der Waals surface area contributed by atoms with E-state index in [9.17, 15) is 24.5 Å². The summed E-state index contributed by atoms with van der Waals surface area (Å²) in [5.74, 6) is -2.17. The highest BCUT2D eigenvalue weighted by molar-refractivity contribution is 6.39. The number of carbonyl (C=O) groups excluding carboxylic acids is 2. The molecule has 0 spiro atoms. The van der Waals surface area contributed by atoms with E-state index in [2.05, 4.69) is 25.2 Å². The van der Waals surface area contributed by atoms with Crippen LogP contribution in [0.15, 0.2) is 67.0 Å². The highest BCUT2D eigenvalue weighted by atomic mass is 35.5. The molecule has 1 aromatic heterocycles. The maximum absolute atomic E-state index is 11.7. The lowest BCUT2D eigenvalue weighted by Gasteiger charge is -2.14. The quantitative estimate of drug-likeness (QED) is 0.134. The Morgan fingerprint density at radius 3 is 2.37 bits per heavy atom. The molecule has 12 nitrogen and oxygen atoms in total. The molecule has 0 saturated carbocycles. The summed E-state index contributed by atoms with van der Waals surface area (Å²) in [6.07, 6.45) is 2.88. The largest absolute Gasteiger partial charge is 0.479 e. The fraction of sp³-hybridized carbons (Fsp3) is 0.167. The van der Waals surface area contributed by atoms with Crippen LogP contribution in [0.3, 0.4) is 0 Å². The van der Waals surface area contributed by atoms with Crippen LogP contribution in [0, 0.1) is 10.1 Å². The number of hydrogen-bond donors (Lipinski definition) is 3. The number of esters is 1. The monoisotopic (exact) mass is 564 g/mol. The van der Waals surface area contributed by atoms with Crippen molar-refractivity contribution in [3.05, 3.63) is 98.3 Å². The van der Waals surface area contributed by atoms with Gasteiger partial charge in [0, 0.05) is 24.6 Å². The molecule has 3 rings (SSSR count). The molecule has 0 aliphatic heterocycles. The summed E-state index contributed by atoms with van der Waals surface area (Å²) in [6, 6.07) is 15.4. The van der Waals surface area contributed by atoms with Crippen molar-refractivity contribution in [1.82, 2.24) is 10.3 Å². The Hall–Kier alpha value is -4.42. The van der Waals surface area contributed by atoms with Gasteiger partial charge in [-0.1, -0.05) is 47.5 Å². The standard InChI is InChI=1S/C16H13Cl2NO4.C8H9N3O4/c17-11-5-3-6-12(18)16(11)19-13-7-2-1-4-10(13)8-15(22)23-9-14(20)21;12-8(7-2-1-3-9-6-7)10-4-5-15-11(13)14/h1-7,19H,8-9H2,(H,20,21);1-3,6H,4-5H2,(H,10,12). The summed E-state index contributed by atoms with van der Waals surface area (Å²) in [7, 11) is 0. The van der Waals surface area contributed by atoms with Gasteiger partial charge in [-0.25, -0.2) is 4.79 Å². The van der Waals surface area contributed by atoms with Crippen molar-refractivity contribution in [3.8, 4) is 0 Å². The molecule has 0 aliphatic rings. The summed E-state index contributed by atoms with van der Waals surface area (Å²) >= 11 is 12.2. The number of para-hydroxylation sites is 2. The molecular formula is C24H22Cl2N4O8. The molecular weight excluding hydrogens is 543 g/mol. The topological polar surface area (TPSA) is 170 Å². The highest BCUT2D eigenvalue weighted by Crippen LogP contribution is 2.33. The van der Waals surface area contributed by atoms with E-state index in [1.807, 2.05) is 0 Å². The number of carboxylic acid groups (broad SMARTS) is 1. The molecule has 0 fully saturated rings. The van der Waals surface area contributed by atoms with Crippen molar-refractivity contribution in [3.63, 3.8) is 0 Å². The van der Waals surface area contributed by atoms with Crippen molar-refractivity contribution < 1.29 is 34.2 Å². The Morgan fingerprint density at radius 2 is 1.74 bits per heavy atom. The second-order valence-corrected chi connectivity index (χ2v) is 7.98. The van der Waals surface area contributed by atoms with E-state index >= 15 is 0 Å². The van der Waals surface area contributed by atoms with Gasteiger partial charge in [-0.3, -0.25) is 14.6 Å². The van der Waals surface area contributed by atoms with Crippen LogP contribution in [0.5, 0.6) is 0 Å².